The monoisotopic (exact) mass is 433 g/mol. The molecule has 0 radical (unpaired) electrons. The van der Waals surface area contributed by atoms with Gasteiger partial charge in [0.05, 0.1) is 6.26 Å². The maximum Gasteiger partial charge on any atom is 0.191 e. The molecule has 2 aromatic heterocycles. The molecule has 0 saturated carbocycles. The molecular weight excluding hydrogens is 413 g/mol. The minimum atomic E-state index is 0. The van der Waals surface area contributed by atoms with Crippen molar-refractivity contribution in [2.75, 3.05) is 37.6 Å². The smallest absolute Gasteiger partial charge is 0.191 e. The molecule has 0 aliphatic carbocycles. The van der Waals surface area contributed by atoms with E-state index in [0.29, 0.717) is 12.5 Å². The van der Waals surface area contributed by atoms with Gasteiger partial charge in [0, 0.05) is 50.7 Å². The van der Waals surface area contributed by atoms with Gasteiger partial charge < -0.3 is 20.0 Å². The topological polar surface area (TPSA) is 70.9 Å². The quantitative estimate of drug-likeness (QED) is 0.454. The maximum atomic E-state index is 6.07. The average molecular weight is 433 g/mol. The van der Waals surface area contributed by atoms with Gasteiger partial charge in [-0.2, -0.15) is 0 Å². The Labute approximate surface area is 151 Å². The number of aromatic nitrogens is 1. The van der Waals surface area contributed by atoms with Crippen molar-refractivity contribution in [1.29, 1.82) is 0 Å². The molecule has 0 atom stereocenters. The number of rotatable bonds is 4. The van der Waals surface area contributed by atoms with Crippen molar-refractivity contribution < 1.29 is 4.42 Å². The number of thiazole rings is 1. The first-order chi connectivity index (χ1) is 10.3. The number of guanidine groups is 1. The molecule has 3 heterocycles. The summed E-state index contributed by atoms with van der Waals surface area (Å²) in [7, 11) is 0. The van der Waals surface area contributed by atoms with E-state index in [1.807, 2.05) is 23.7 Å². The van der Waals surface area contributed by atoms with Crippen LogP contribution in [0.15, 0.2) is 39.4 Å². The van der Waals surface area contributed by atoms with Crippen LogP contribution in [-0.4, -0.2) is 48.6 Å². The summed E-state index contributed by atoms with van der Waals surface area (Å²) in [6.07, 6.45) is 4.31. The number of anilines is 1. The van der Waals surface area contributed by atoms with Gasteiger partial charge in [0.2, 0.25) is 0 Å². The Morgan fingerprint density at radius 2 is 2.18 bits per heavy atom. The molecule has 8 heteroatoms. The highest BCUT2D eigenvalue weighted by Gasteiger charge is 2.19. The first-order valence-electron chi connectivity index (χ1n) is 7.04. The Balaban J connectivity index is 0.00000176. The highest BCUT2D eigenvalue weighted by molar-refractivity contribution is 14.0. The molecule has 6 nitrogen and oxygen atoms in total. The van der Waals surface area contributed by atoms with Crippen molar-refractivity contribution in [3.8, 4) is 0 Å². The molecule has 1 aliphatic heterocycles. The fraction of sp³-hybridized carbons (Fsp3) is 0.429. The number of furan rings is 1. The minimum Gasteiger partial charge on any atom is -0.469 e. The summed E-state index contributed by atoms with van der Waals surface area (Å²) < 4.78 is 5.28. The molecule has 2 N–H and O–H groups in total. The molecule has 1 saturated heterocycles. The minimum absolute atomic E-state index is 0. The van der Waals surface area contributed by atoms with E-state index in [-0.39, 0.29) is 24.0 Å². The van der Waals surface area contributed by atoms with Gasteiger partial charge in [-0.15, -0.1) is 35.3 Å². The van der Waals surface area contributed by atoms with Crippen LogP contribution in [-0.2, 0) is 6.42 Å². The first kappa shape index (κ1) is 17.1. The van der Waals surface area contributed by atoms with E-state index in [0.717, 1.165) is 43.5 Å². The van der Waals surface area contributed by atoms with Gasteiger partial charge in [0.15, 0.2) is 11.1 Å². The lowest BCUT2D eigenvalue weighted by Crippen LogP contribution is -2.51. The molecule has 120 valence electrons. The van der Waals surface area contributed by atoms with Crippen LogP contribution >= 0.6 is 35.3 Å². The number of piperazine rings is 1. The molecule has 1 aliphatic rings. The van der Waals surface area contributed by atoms with E-state index in [1.54, 1.807) is 17.6 Å². The molecule has 0 bridgehead atoms. The third kappa shape index (κ3) is 4.35. The second-order valence-corrected chi connectivity index (χ2v) is 5.73. The number of nitrogens with zero attached hydrogens (tertiary/aromatic N) is 4. The number of aliphatic imine (C=N–C) groups is 1. The second-order valence-electron chi connectivity index (χ2n) is 4.86. The maximum absolute atomic E-state index is 6.07. The van der Waals surface area contributed by atoms with Gasteiger partial charge in [0.25, 0.3) is 0 Å². The van der Waals surface area contributed by atoms with E-state index in [4.69, 9.17) is 10.2 Å². The van der Waals surface area contributed by atoms with Crippen LogP contribution in [0.1, 0.15) is 5.76 Å². The number of hydrogen-bond donors (Lipinski definition) is 1. The number of hydrogen-bond acceptors (Lipinski definition) is 5. The molecule has 0 amide bonds. The third-order valence-electron chi connectivity index (χ3n) is 3.51. The van der Waals surface area contributed by atoms with Crippen LogP contribution in [0.2, 0.25) is 0 Å². The molecule has 3 rings (SSSR count). The van der Waals surface area contributed by atoms with Gasteiger partial charge in [-0.1, -0.05) is 0 Å². The number of nitrogens with two attached hydrogens (primary N) is 1. The Kier molecular flexibility index (Phi) is 6.49. The zero-order valence-corrected chi connectivity index (χ0v) is 15.4. The summed E-state index contributed by atoms with van der Waals surface area (Å²) in [5.41, 5.74) is 6.07. The highest BCUT2D eigenvalue weighted by atomic mass is 127. The zero-order valence-electron chi connectivity index (χ0n) is 12.2. The normalized spacial score (nSPS) is 15.7. The number of halogens is 1. The van der Waals surface area contributed by atoms with E-state index in [1.165, 1.54) is 0 Å². The molecule has 2 aromatic rings. The Morgan fingerprint density at radius 1 is 1.36 bits per heavy atom. The predicted molar refractivity (Wildman–Crippen MR) is 100 cm³/mol. The molecule has 1 fully saturated rings. The van der Waals surface area contributed by atoms with Crippen LogP contribution < -0.4 is 10.6 Å². The Morgan fingerprint density at radius 3 is 2.82 bits per heavy atom. The summed E-state index contributed by atoms with van der Waals surface area (Å²) in [4.78, 5) is 13.2. The Hall–Kier alpha value is -1.29. The summed E-state index contributed by atoms with van der Waals surface area (Å²) in [5.74, 6) is 1.57. The molecule has 0 unspecified atom stereocenters. The fourth-order valence-electron chi connectivity index (χ4n) is 2.33. The summed E-state index contributed by atoms with van der Waals surface area (Å²) >= 11 is 1.68. The summed E-state index contributed by atoms with van der Waals surface area (Å²) in [6.45, 7) is 4.29. The predicted octanol–water partition coefficient (Wildman–Crippen LogP) is 2.03. The lowest BCUT2D eigenvalue weighted by atomic mass is 10.3. The SMILES string of the molecule is I.NC(=NCCc1ccco1)N1CCN(c2nccs2)CC1. The fourth-order valence-corrected chi connectivity index (χ4v) is 3.03. The zero-order chi connectivity index (χ0) is 14.5. The second kappa shape index (κ2) is 8.37. The van der Waals surface area contributed by atoms with Crippen molar-refractivity contribution in [3.05, 3.63) is 35.7 Å². The largest absolute Gasteiger partial charge is 0.469 e. The van der Waals surface area contributed by atoms with Crippen molar-refractivity contribution in [2.24, 2.45) is 10.7 Å². The van der Waals surface area contributed by atoms with Crippen LogP contribution in [0.5, 0.6) is 0 Å². The van der Waals surface area contributed by atoms with Crippen molar-refractivity contribution in [3.63, 3.8) is 0 Å². The standard InChI is InChI=1S/C14H19N5OS.HI/c15-13(16-4-3-12-2-1-10-20-12)18-6-8-19(9-7-18)14-17-5-11-21-14;/h1-2,5,10-11H,3-4,6-9H2,(H2,15,16);1H. The van der Waals surface area contributed by atoms with Crippen LogP contribution in [0.25, 0.3) is 0 Å². The van der Waals surface area contributed by atoms with Crippen molar-refractivity contribution >= 4 is 46.4 Å². The van der Waals surface area contributed by atoms with Gasteiger partial charge in [-0.05, 0) is 12.1 Å². The summed E-state index contributed by atoms with van der Waals surface area (Å²) in [6, 6.07) is 3.85. The van der Waals surface area contributed by atoms with Crippen LogP contribution in [0, 0.1) is 0 Å². The van der Waals surface area contributed by atoms with E-state index >= 15 is 0 Å². The third-order valence-corrected chi connectivity index (χ3v) is 4.34. The first-order valence-corrected chi connectivity index (χ1v) is 7.92. The Bertz CT molecular complexity index is 564. The van der Waals surface area contributed by atoms with E-state index in [9.17, 15) is 0 Å². The van der Waals surface area contributed by atoms with Crippen LogP contribution in [0.4, 0.5) is 5.13 Å². The van der Waals surface area contributed by atoms with Crippen LogP contribution in [0.3, 0.4) is 0 Å². The molecule has 0 spiro atoms. The van der Waals surface area contributed by atoms with Crippen molar-refractivity contribution in [1.82, 2.24) is 9.88 Å². The van der Waals surface area contributed by atoms with Gasteiger partial charge in [-0.25, -0.2) is 4.98 Å². The molecular formula is C14H20IN5OS. The molecule has 22 heavy (non-hydrogen) atoms. The van der Waals surface area contributed by atoms with Gasteiger partial charge in [-0.3, -0.25) is 4.99 Å². The lowest BCUT2D eigenvalue weighted by molar-refractivity contribution is 0.380. The highest BCUT2D eigenvalue weighted by Crippen LogP contribution is 2.18. The van der Waals surface area contributed by atoms with Gasteiger partial charge >= 0.3 is 0 Å². The van der Waals surface area contributed by atoms with E-state index < -0.39 is 0 Å². The van der Waals surface area contributed by atoms with Gasteiger partial charge in [0.1, 0.15) is 5.76 Å². The summed E-state index contributed by atoms with van der Waals surface area (Å²) in [5, 5.41) is 3.09. The van der Waals surface area contributed by atoms with Crippen molar-refractivity contribution in [2.45, 2.75) is 6.42 Å². The lowest BCUT2D eigenvalue weighted by Gasteiger charge is -2.35. The average Bonchev–Trinajstić information content (AvgIpc) is 3.21. The molecule has 0 aromatic carbocycles. The van der Waals surface area contributed by atoms with E-state index in [2.05, 4.69) is 19.8 Å².